The first kappa shape index (κ1) is 22.3. The average Bonchev–Trinajstić information content (AvgIpc) is 3.31. The molecule has 4 heterocycles. The number of hydrogen-bond acceptors (Lipinski definition) is 7. The van der Waals surface area contributed by atoms with Crippen molar-refractivity contribution in [2.45, 2.75) is 17.9 Å². The van der Waals surface area contributed by atoms with Crippen LogP contribution in [0.4, 0.5) is 4.39 Å². The van der Waals surface area contributed by atoms with E-state index in [0.29, 0.717) is 29.6 Å². The molecule has 1 atom stereocenters. The summed E-state index contributed by atoms with van der Waals surface area (Å²) in [7, 11) is 0. The molecule has 0 N–H and O–H groups in total. The van der Waals surface area contributed by atoms with E-state index in [1.807, 2.05) is 29.2 Å². The summed E-state index contributed by atoms with van der Waals surface area (Å²) in [4.78, 5) is 18.9. The van der Waals surface area contributed by atoms with Gasteiger partial charge in [0, 0.05) is 37.0 Å². The summed E-state index contributed by atoms with van der Waals surface area (Å²) in [5.74, 6) is 0.999. The first-order valence-corrected chi connectivity index (χ1v) is 12.1. The van der Waals surface area contributed by atoms with Gasteiger partial charge in [-0.25, -0.2) is 4.39 Å². The molecule has 1 fully saturated rings. The zero-order chi connectivity index (χ0) is 23.3. The van der Waals surface area contributed by atoms with Crippen molar-refractivity contribution in [3.8, 4) is 17.1 Å². The Hall–Kier alpha value is -3.53. The van der Waals surface area contributed by atoms with Crippen LogP contribution in [0.3, 0.4) is 0 Å². The number of carbonyl (C=O) groups is 1. The third-order valence-electron chi connectivity index (χ3n) is 5.68. The minimum absolute atomic E-state index is 0.0544. The van der Waals surface area contributed by atoms with E-state index < -0.39 is 0 Å². The molecule has 174 valence electrons. The fourth-order valence-corrected chi connectivity index (χ4v) is 4.71. The number of halogens is 1. The number of hydrogen-bond donors (Lipinski definition) is 0. The summed E-state index contributed by atoms with van der Waals surface area (Å²) < 4.78 is 21.1. The van der Waals surface area contributed by atoms with Crippen LogP contribution >= 0.6 is 11.8 Å². The highest BCUT2D eigenvalue weighted by Gasteiger charge is 2.24. The van der Waals surface area contributed by atoms with Crippen LogP contribution in [0.2, 0.25) is 0 Å². The number of benzene rings is 1. The summed E-state index contributed by atoms with van der Waals surface area (Å²) in [6.45, 7) is 1.72. The van der Waals surface area contributed by atoms with Gasteiger partial charge in [0.2, 0.25) is 5.91 Å². The normalized spacial score (nSPS) is 16.0. The summed E-state index contributed by atoms with van der Waals surface area (Å²) in [5.41, 5.74) is 1.45. The number of pyridine rings is 1. The molecule has 1 aromatic carbocycles. The van der Waals surface area contributed by atoms with E-state index in [4.69, 9.17) is 4.74 Å². The molecule has 0 aliphatic carbocycles. The van der Waals surface area contributed by atoms with Crippen molar-refractivity contribution in [1.82, 2.24) is 29.7 Å². The maximum Gasteiger partial charge on any atom is 0.233 e. The van der Waals surface area contributed by atoms with Gasteiger partial charge in [-0.05, 0) is 49.2 Å². The van der Waals surface area contributed by atoms with Crippen LogP contribution in [0, 0.1) is 11.7 Å². The second kappa shape index (κ2) is 10.2. The van der Waals surface area contributed by atoms with Gasteiger partial charge in [0.25, 0.3) is 0 Å². The Morgan fingerprint density at radius 2 is 2.06 bits per heavy atom. The van der Waals surface area contributed by atoms with Crippen molar-refractivity contribution in [1.29, 1.82) is 0 Å². The molecule has 1 saturated heterocycles. The summed E-state index contributed by atoms with van der Waals surface area (Å²) in [6, 6.07) is 13.8. The molecule has 3 aromatic heterocycles. The molecule has 34 heavy (non-hydrogen) atoms. The number of amides is 1. The van der Waals surface area contributed by atoms with Crippen LogP contribution in [0.5, 0.6) is 5.75 Å². The van der Waals surface area contributed by atoms with Crippen LogP contribution in [0.15, 0.2) is 66.0 Å². The van der Waals surface area contributed by atoms with E-state index in [1.165, 1.54) is 17.8 Å². The molecule has 1 aliphatic heterocycles. The highest BCUT2D eigenvalue weighted by Crippen LogP contribution is 2.23. The van der Waals surface area contributed by atoms with E-state index in [0.717, 1.165) is 24.9 Å². The van der Waals surface area contributed by atoms with Gasteiger partial charge in [0.15, 0.2) is 23.0 Å². The minimum Gasteiger partial charge on any atom is -0.490 e. The van der Waals surface area contributed by atoms with Gasteiger partial charge < -0.3 is 9.64 Å². The van der Waals surface area contributed by atoms with Gasteiger partial charge in [-0.15, -0.1) is 10.2 Å². The molecule has 8 nitrogen and oxygen atoms in total. The van der Waals surface area contributed by atoms with E-state index in [2.05, 4.69) is 20.3 Å². The average molecular weight is 479 g/mol. The van der Waals surface area contributed by atoms with Crippen molar-refractivity contribution in [2.24, 2.45) is 5.92 Å². The standard InChI is InChI=1S/C24H23FN6O2S/c25-19-7-1-2-8-20(19)33-15-17-5-4-12-30(14-17)23(32)16-34-22-10-9-21-27-28-24(31(21)29-22)18-6-3-11-26-13-18/h1-3,6-11,13,17H,4-5,12,14-16H2/t17-/m0/s1. The maximum atomic E-state index is 13.8. The Balaban J connectivity index is 1.19. The predicted molar refractivity (Wildman–Crippen MR) is 126 cm³/mol. The first-order chi connectivity index (χ1) is 16.7. The molecule has 0 unspecified atom stereocenters. The fourth-order valence-electron chi connectivity index (χ4n) is 3.95. The molecule has 1 aliphatic rings. The third kappa shape index (κ3) is 5.01. The first-order valence-electron chi connectivity index (χ1n) is 11.1. The van der Waals surface area contributed by atoms with Crippen molar-refractivity contribution in [3.05, 3.63) is 66.7 Å². The largest absolute Gasteiger partial charge is 0.490 e. The second-order valence-corrected chi connectivity index (χ2v) is 9.08. The molecule has 0 bridgehead atoms. The smallest absolute Gasteiger partial charge is 0.233 e. The van der Waals surface area contributed by atoms with Gasteiger partial charge in [0.1, 0.15) is 5.03 Å². The Bertz CT molecular complexity index is 1280. The lowest BCUT2D eigenvalue weighted by molar-refractivity contribution is -0.130. The molecule has 5 rings (SSSR count). The third-order valence-corrected chi connectivity index (χ3v) is 6.59. The van der Waals surface area contributed by atoms with Crippen molar-refractivity contribution in [2.75, 3.05) is 25.4 Å². The number of piperidine rings is 1. The van der Waals surface area contributed by atoms with Crippen LogP contribution < -0.4 is 4.74 Å². The van der Waals surface area contributed by atoms with E-state index in [-0.39, 0.29) is 29.1 Å². The molecular weight excluding hydrogens is 455 g/mol. The predicted octanol–water partition coefficient (Wildman–Crippen LogP) is 3.74. The van der Waals surface area contributed by atoms with Gasteiger partial charge >= 0.3 is 0 Å². The number of likely N-dealkylation sites (tertiary alicyclic amines) is 1. The lowest BCUT2D eigenvalue weighted by atomic mass is 9.99. The number of fused-ring (bicyclic) bond motifs is 1. The number of nitrogens with zero attached hydrogens (tertiary/aromatic N) is 6. The van der Waals surface area contributed by atoms with Crippen molar-refractivity contribution >= 4 is 23.3 Å². The zero-order valence-electron chi connectivity index (χ0n) is 18.4. The number of para-hydroxylation sites is 1. The molecule has 0 saturated carbocycles. The monoisotopic (exact) mass is 478 g/mol. The van der Waals surface area contributed by atoms with Crippen molar-refractivity contribution in [3.63, 3.8) is 0 Å². The molecule has 1 amide bonds. The number of carbonyl (C=O) groups excluding carboxylic acids is 1. The van der Waals surface area contributed by atoms with Crippen LogP contribution in [-0.2, 0) is 4.79 Å². The highest BCUT2D eigenvalue weighted by atomic mass is 32.2. The quantitative estimate of drug-likeness (QED) is 0.374. The number of aromatic nitrogens is 5. The van der Waals surface area contributed by atoms with Gasteiger partial charge in [-0.3, -0.25) is 9.78 Å². The highest BCUT2D eigenvalue weighted by molar-refractivity contribution is 7.99. The number of rotatable bonds is 7. The lowest BCUT2D eigenvalue weighted by Crippen LogP contribution is -2.42. The van der Waals surface area contributed by atoms with E-state index in [9.17, 15) is 9.18 Å². The van der Waals surface area contributed by atoms with E-state index in [1.54, 1.807) is 35.1 Å². The second-order valence-electron chi connectivity index (χ2n) is 8.08. The molecule has 4 aromatic rings. The Morgan fingerprint density at radius 1 is 1.15 bits per heavy atom. The van der Waals surface area contributed by atoms with Crippen LogP contribution in [0.1, 0.15) is 12.8 Å². The van der Waals surface area contributed by atoms with Gasteiger partial charge in [0.05, 0.1) is 12.4 Å². The molecule has 0 radical (unpaired) electrons. The van der Waals surface area contributed by atoms with Crippen LogP contribution in [-0.4, -0.2) is 61.1 Å². The van der Waals surface area contributed by atoms with Crippen LogP contribution in [0.25, 0.3) is 17.0 Å². The topological polar surface area (TPSA) is 85.5 Å². The van der Waals surface area contributed by atoms with Gasteiger partial charge in [-0.2, -0.15) is 9.61 Å². The Kier molecular flexibility index (Phi) is 6.66. The molecular formula is C24H23FN6O2S. The number of thioether (sulfide) groups is 1. The lowest BCUT2D eigenvalue weighted by Gasteiger charge is -2.32. The van der Waals surface area contributed by atoms with Crippen molar-refractivity contribution < 1.29 is 13.9 Å². The minimum atomic E-state index is -0.369. The number of ether oxygens (including phenoxy) is 1. The summed E-state index contributed by atoms with van der Waals surface area (Å²) in [5, 5.41) is 13.7. The fraction of sp³-hybridized carbons (Fsp3) is 0.292. The maximum absolute atomic E-state index is 13.8. The molecule has 0 spiro atoms. The SMILES string of the molecule is O=C(CSc1ccc2nnc(-c3cccnc3)n2n1)N1CCC[C@H](COc2ccccc2F)C1. The zero-order valence-corrected chi connectivity index (χ0v) is 19.2. The molecule has 10 heteroatoms. The Labute approximate surface area is 200 Å². The summed E-state index contributed by atoms with van der Waals surface area (Å²) >= 11 is 1.38. The van der Waals surface area contributed by atoms with E-state index >= 15 is 0 Å². The Morgan fingerprint density at radius 3 is 2.91 bits per heavy atom. The van der Waals surface area contributed by atoms with Gasteiger partial charge in [-0.1, -0.05) is 23.9 Å². The summed E-state index contributed by atoms with van der Waals surface area (Å²) in [6.07, 6.45) is 5.27.